The molecule has 2 rings (SSSR count). The van der Waals surface area contributed by atoms with Gasteiger partial charge in [0.1, 0.15) is 0 Å². The zero-order valence-corrected chi connectivity index (χ0v) is 12.5. The Balaban J connectivity index is 2.43. The van der Waals surface area contributed by atoms with Crippen LogP contribution in [0.25, 0.3) is 10.8 Å². The molecule has 0 aliphatic rings. The molecule has 6 heteroatoms. The summed E-state index contributed by atoms with van der Waals surface area (Å²) >= 11 is 0. The van der Waals surface area contributed by atoms with E-state index in [-0.39, 0.29) is 16.7 Å². The number of hydrogen-bond acceptors (Lipinski definition) is 5. The summed E-state index contributed by atoms with van der Waals surface area (Å²) in [5.74, 6) is 0.366. The number of aryl methyl sites for hydroxylation is 1. The molecule has 1 aromatic heterocycles. The van der Waals surface area contributed by atoms with Gasteiger partial charge in [0.25, 0.3) is 5.69 Å². The zero-order valence-electron chi connectivity index (χ0n) is 12.5. The Morgan fingerprint density at radius 1 is 1.38 bits per heavy atom. The Bertz CT molecular complexity index is 670. The van der Waals surface area contributed by atoms with E-state index in [0.717, 1.165) is 16.8 Å². The topological polar surface area (TPSA) is 94.1 Å². The molecule has 6 nitrogen and oxygen atoms in total. The molecule has 0 aliphatic carbocycles. The molecular weight excluding hydrogens is 268 g/mol. The lowest BCUT2D eigenvalue weighted by atomic mass is 10.0. The fourth-order valence-electron chi connectivity index (χ4n) is 2.11. The number of nitrogens with zero attached hydrogens (tertiary/aromatic N) is 2. The van der Waals surface area contributed by atoms with Crippen LogP contribution in [0.3, 0.4) is 0 Å². The Morgan fingerprint density at radius 2 is 2.10 bits per heavy atom. The molecule has 1 unspecified atom stereocenters. The first-order valence-corrected chi connectivity index (χ1v) is 6.93. The molecule has 112 valence electrons. The van der Waals surface area contributed by atoms with Crippen molar-refractivity contribution in [3.05, 3.63) is 40.2 Å². The highest BCUT2D eigenvalue weighted by atomic mass is 16.6. The van der Waals surface area contributed by atoms with Crippen LogP contribution in [0, 0.1) is 23.0 Å². The quantitative estimate of drug-likeness (QED) is 0.651. The molecule has 1 atom stereocenters. The molecule has 0 saturated heterocycles. The van der Waals surface area contributed by atoms with Crippen molar-refractivity contribution in [2.45, 2.75) is 26.8 Å². The lowest BCUT2D eigenvalue weighted by Crippen LogP contribution is -2.34. The number of benzene rings is 1. The third kappa shape index (κ3) is 3.28. The van der Waals surface area contributed by atoms with Crippen molar-refractivity contribution >= 4 is 22.1 Å². The first-order chi connectivity index (χ1) is 9.90. The molecule has 21 heavy (non-hydrogen) atoms. The van der Waals surface area contributed by atoms with Crippen LogP contribution in [0.2, 0.25) is 0 Å². The van der Waals surface area contributed by atoms with Crippen LogP contribution in [0.1, 0.15) is 19.5 Å². The molecule has 1 heterocycles. The number of non-ortho nitro benzene ring substituents is 1. The Morgan fingerprint density at radius 3 is 2.71 bits per heavy atom. The summed E-state index contributed by atoms with van der Waals surface area (Å²) in [7, 11) is 0. The Hall–Kier alpha value is -2.21. The third-order valence-corrected chi connectivity index (χ3v) is 3.60. The first-order valence-electron chi connectivity index (χ1n) is 6.93. The summed E-state index contributed by atoms with van der Waals surface area (Å²) in [6.07, 6.45) is 1.55. The van der Waals surface area contributed by atoms with Crippen molar-refractivity contribution in [2.75, 3.05) is 11.9 Å². The van der Waals surface area contributed by atoms with E-state index < -0.39 is 0 Å². The van der Waals surface area contributed by atoms with Crippen molar-refractivity contribution in [1.29, 1.82) is 0 Å². The van der Waals surface area contributed by atoms with E-state index in [1.807, 2.05) is 13.0 Å². The predicted octanol–water partition coefficient (Wildman–Crippen LogP) is 2.85. The molecule has 0 radical (unpaired) electrons. The SMILES string of the molecule is Cc1cc2c(NCC(N)C(C)C)ccc([N+](=O)[O-])c2cn1. The second-order valence-corrected chi connectivity index (χ2v) is 5.55. The molecule has 0 fully saturated rings. The highest BCUT2D eigenvalue weighted by molar-refractivity contribution is 5.99. The number of nitrogens with two attached hydrogens (primary N) is 1. The van der Waals surface area contributed by atoms with Gasteiger partial charge in [-0.3, -0.25) is 15.1 Å². The van der Waals surface area contributed by atoms with Crippen LogP contribution < -0.4 is 11.1 Å². The molecule has 0 amide bonds. The maximum absolute atomic E-state index is 11.1. The van der Waals surface area contributed by atoms with Gasteiger partial charge in [0, 0.05) is 41.6 Å². The molecule has 0 aliphatic heterocycles. The zero-order chi connectivity index (χ0) is 15.6. The van der Waals surface area contributed by atoms with Gasteiger partial charge in [-0.2, -0.15) is 0 Å². The smallest absolute Gasteiger partial charge is 0.278 e. The highest BCUT2D eigenvalue weighted by Gasteiger charge is 2.15. The van der Waals surface area contributed by atoms with Gasteiger partial charge in [0.15, 0.2) is 0 Å². The maximum atomic E-state index is 11.1. The van der Waals surface area contributed by atoms with Gasteiger partial charge in [-0.1, -0.05) is 13.8 Å². The average molecular weight is 288 g/mol. The maximum Gasteiger partial charge on any atom is 0.278 e. The van der Waals surface area contributed by atoms with Crippen LogP contribution in [0.5, 0.6) is 0 Å². The summed E-state index contributed by atoms with van der Waals surface area (Å²) in [5, 5.41) is 15.7. The van der Waals surface area contributed by atoms with Crippen molar-refractivity contribution in [1.82, 2.24) is 4.98 Å². The number of nitrogens with one attached hydrogen (secondary N) is 1. The van der Waals surface area contributed by atoms with Crippen molar-refractivity contribution in [2.24, 2.45) is 11.7 Å². The van der Waals surface area contributed by atoms with Gasteiger partial charge in [-0.15, -0.1) is 0 Å². The number of rotatable bonds is 5. The summed E-state index contributed by atoms with van der Waals surface area (Å²) < 4.78 is 0. The molecule has 0 spiro atoms. The minimum absolute atomic E-state index is 0.0261. The average Bonchev–Trinajstić information content (AvgIpc) is 2.43. The molecule has 0 bridgehead atoms. The third-order valence-electron chi connectivity index (χ3n) is 3.60. The summed E-state index contributed by atoms with van der Waals surface area (Å²) in [6, 6.07) is 5.11. The molecule has 2 aromatic rings. The van der Waals surface area contributed by atoms with Crippen molar-refractivity contribution < 1.29 is 4.92 Å². The van der Waals surface area contributed by atoms with Gasteiger partial charge in [0.2, 0.25) is 0 Å². The molecular formula is C15H20N4O2. The molecule has 0 saturated carbocycles. The lowest BCUT2D eigenvalue weighted by Gasteiger charge is -2.18. The monoisotopic (exact) mass is 288 g/mol. The second kappa shape index (κ2) is 6.05. The summed E-state index contributed by atoms with van der Waals surface area (Å²) in [6.45, 7) is 6.61. The first kappa shape index (κ1) is 15.2. The van der Waals surface area contributed by atoms with E-state index >= 15 is 0 Å². The van der Waals surface area contributed by atoms with Gasteiger partial charge in [-0.25, -0.2) is 0 Å². The minimum atomic E-state index is -0.386. The number of nitro benzene ring substituents is 1. The van der Waals surface area contributed by atoms with Crippen LogP contribution >= 0.6 is 0 Å². The van der Waals surface area contributed by atoms with Gasteiger partial charge < -0.3 is 11.1 Å². The normalized spacial score (nSPS) is 12.6. The Kier molecular flexibility index (Phi) is 4.37. The van der Waals surface area contributed by atoms with E-state index in [1.54, 1.807) is 12.3 Å². The van der Waals surface area contributed by atoms with E-state index in [4.69, 9.17) is 5.73 Å². The van der Waals surface area contributed by atoms with Crippen LogP contribution in [0.4, 0.5) is 11.4 Å². The number of pyridine rings is 1. The number of aromatic nitrogens is 1. The van der Waals surface area contributed by atoms with Gasteiger partial charge >= 0.3 is 0 Å². The van der Waals surface area contributed by atoms with Crippen LogP contribution in [-0.4, -0.2) is 22.5 Å². The largest absolute Gasteiger partial charge is 0.383 e. The highest BCUT2D eigenvalue weighted by Crippen LogP contribution is 2.31. The van der Waals surface area contributed by atoms with E-state index in [0.29, 0.717) is 17.8 Å². The minimum Gasteiger partial charge on any atom is -0.383 e. The standard InChI is InChI=1S/C15H20N4O2/c1-9(2)13(16)8-18-14-4-5-15(19(20)21)12-7-17-10(3)6-11(12)14/h4-7,9,13,18H,8,16H2,1-3H3. The predicted molar refractivity (Wildman–Crippen MR) is 84.4 cm³/mol. The number of nitro groups is 1. The van der Waals surface area contributed by atoms with Crippen LogP contribution in [-0.2, 0) is 0 Å². The number of anilines is 1. The number of fused-ring (bicyclic) bond motifs is 1. The van der Waals surface area contributed by atoms with Gasteiger partial charge in [0.05, 0.1) is 10.3 Å². The van der Waals surface area contributed by atoms with Crippen molar-refractivity contribution in [3.8, 4) is 0 Å². The summed E-state index contributed by atoms with van der Waals surface area (Å²) in [5.41, 5.74) is 7.76. The molecule has 1 aromatic carbocycles. The van der Waals surface area contributed by atoms with Crippen LogP contribution in [0.15, 0.2) is 24.4 Å². The molecule has 3 N–H and O–H groups in total. The fraction of sp³-hybridized carbons (Fsp3) is 0.400. The Labute approximate surface area is 123 Å². The summed E-state index contributed by atoms with van der Waals surface area (Å²) in [4.78, 5) is 14.9. The van der Waals surface area contributed by atoms with E-state index in [1.165, 1.54) is 6.07 Å². The van der Waals surface area contributed by atoms with E-state index in [2.05, 4.69) is 24.1 Å². The fourth-order valence-corrected chi connectivity index (χ4v) is 2.11. The second-order valence-electron chi connectivity index (χ2n) is 5.55. The van der Waals surface area contributed by atoms with Crippen molar-refractivity contribution in [3.63, 3.8) is 0 Å². The van der Waals surface area contributed by atoms with Gasteiger partial charge in [-0.05, 0) is 25.0 Å². The van der Waals surface area contributed by atoms with E-state index in [9.17, 15) is 10.1 Å². The lowest BCUT2D eigenvalue weighted by molar-refractivity contribution is -0.383. The number of hydrogen-bond donors (Lipinski definition) is 2.